The number of hydrogen-bond acceptors (Lipinski definition) is 3. The lowest BCUT2D eigenvalue weighted by atomic mass is 10.1. The Morgan fingerprint density at radius 3 is 2.41 bits per heavy atom. The number of rotatable bonds is 5. The summed E-state index contributed by atoms with van der Waals surface area (Å²) in [6, 6.07) is 4.80. The largest absolute Gasteiger partial charge is 0.373 e. The molecular formula is C13H22FN3. The van der Waals surface area contributed by atoms with Crippen LogP contribution in [0.1, 0.15) is 18.5 Å². The molecule has 0 heterocycles. The van der Waals surface area contributed by atoms with Gasteiger partial charge in [0.05, 0.1) is 0 Å². The SMILES string of the molecule is CC(N)c1c(F)cccc1N(C)CCN(C)C. The minimum atomic E-state index is -0.298. The van der Waals surface area contributed by atoms with Crippen LogP contribution in [0.3, 0.4) is 0 Å². The summed E-state index contributed by atoms with van der Waals surface area (Å²) >= 11 is 0. The van der Waals surface area contributed by atoms with Crippen LogP contribution in [0.4, 0.5) is 10.1 Å². The average molecular weight is 239 g/mol. The van der Waals surface area contributed by atoms with Crippen molar-refractivity contribution in [3.05, 3.63) is 29.6 Å². The van der Waals surface area contributed by atoms with E-state index in [0.29, 0.717) is 5.56 Å². The van der Waals surface area contributed by atoms with Crippen LogP contribution in [0, 0.1) is 5.82 Å². The second-order valence-electron chi connectivity index (χ2n) is 4.69. The van der Waals surface area contributed by atoms with Gasteiger partial charge in [-0.25, -0.2) is 4.39 Å². The molecule has 0 fully saturated rings. The second-order valence-corrected chi connectivity index (χ2v) is 4.69. The van der Waals surface area contributed by atoms with Crippen molar-refractivity contribution in [3.8, 4) is 0 Å². The summed E-state index contributed by atoms with van der Waals surface area (Å²) < 4.78 is 13.7. The Morgan fingerprint density at radius 1 is 1.24 bits per heavy atom. The van der Waals surface area contributed by atoms with Crippen molar-refractivity contribution in [1.29, 1.82) is 0 Å². The third-order valence-corrected chi connectivity index (χ3v) is 2.78. The Morgan fingerprint density at radius 2 is 1.88 bits per heavy atom. The summed E-state index contributed by atoms with van der Waals surface area (Å²) in [7, 11) is 6.00. The van der Waals surface area contributed by atoms with Crippen LogP contribution in [-0.4, -0.2) is 39.1 Å². The van der Waals surface area contributed by atoms with Gasteiger partial charge in [0.15, 0.2) is 0 Å². The molecule has 0 saturated carbocycles. The van der Waals surface area contributed by atoms with Crippen LogP contribution < -0.4 is 10.6 Å². The fourth-order valence-electron chi connectivity index (χ4n) is 1.78. The van der Waals surface area contributed by atoms with Crippen molar-refractivity contribution in [1.82, 2.24) is 4.90 Å². The lowest BCUT2D eigenvalue weighted by Crippen LogP contribution is -2.30. The van der Waals surface area contributed by atoms with Crippen molar-refractivity contribution < 1.29 is 4.39 Å². The lowest BCUT2D eigenvalue weighted by Gasteiger charge is -2.25. The molecule has 0 aliphatic rings. The predicted octanol–water partition coefficient (Wildman–Crippen LogP) is 1.84. The zero-order valence-corrected chi connectivity index (χ0v) is 11.1. The molecule has 0 aromatic heterocycles. The van der Waals surface area contributed by atoms with Crippen LogP contribution >= 0.6 is 0 Å². The van der Waals surface area contributed by atoms with E-state index in [0.717, 1.165) is 18.8 Å². The van der Waals surface area contributed by atoms with Crippen molar-refractivity contribution in [3.63, 3.8) is 0 Å². The Bertz CT molecular complexity index is 364. The van der Waals surface area contributed by atoms with Crippen molar-refractivity contribution in [2.45, 2.75) is 13.0 Å². The van der Waals surface area contributed by atoms with Crippen LogP contribution in [0.5, 0.6) is 0 Å². The van der Waals surface area contributed by atoms with E-state index in [1.165, 1.54) is 6.07 Å². The summed E-state index contributed by atoms with van der Waals surface area (Å²) in [4.78, 5) is 4.14. The molecule has 0 bridgehead atoms. The molecule has 96 valence electrons. The summed E-state index contributed by atoms with van der Waals surface area (Å²) in [6.07, 6.45) is 0. The molecule has 1 aromatic rings. The van der Waals surface area contributed by atoms with Gasteiger partial charge in [0.25, 0.3) is 0 Å². The number of likely N-dealkylation sites (N-methyl/N-ethyl adjacent to an activating group) is 2. The minimum Gasteiger partial charge on any atom is -0.373 e. The predicted molar refractivity (Wildman–Crippen MR) is 70.8 cm³/mol. The highest BCUT2D eigenvalue weighted by molar-refractivity contribution is 5.54. The molecule has 0 spiro atoms. The number of nitrogens with zero attached hydrogens (tertiary/aromatic N) is 2. The van der Waals surface area contributed by atoms with Crippen molar-refractivity contribution >= 4 is 5.69 Å². The summed E-state index contributed by atoms with van der Waals surface area (Å²) in [5.74, 6) is -0.228. The van der Waals surface area contributed by atoms with E-state index in [2.05, 4.69) is 4.90 Å². The van der Waals surface area contributed by atoms with Gasteiger partial charge in [-0.05, 0) is 33.2 Å². The molecule has 0 amide bonds. The number of nitrogens with two attached hydrogens (primary N) is 1. The molecule has 1 unspecified atom stereocenters. The molecule has 17 heavy (non-hydrogen) atoms. The molecule has 1 rings (SSSR count). The summed E-state index contributed by atoms with van der Waals surface area (Å²) in [5.41, 5.74) is 7.30. The number of hydrogen-bond donors (Lipinski definition) is 1. The highest BCUT2D eigenvalue weighted by Gasteiger charge is 2.15. The molecular weight excluding hydrogens is 217 g/mol. The normalized spacial score (nSPS) is 12.9. The number of halogens is 1. The topological polar surface area (TPSA) is 32.5 Å². The number of anilines is 1. The van der Waals surface area contributed by atoms with Gasteiger partial charge in [0.1, 0.15) is 5.82 Å². The zero-order chi connectivity index (χ0) is 13.0. The fourth-order valence-corrected chi connectivity index (χ4v) is 1.78. The first kappa shape index (κ1) is 13.9. The zero-order valence-electron chi connectivity index (χ0n) is 11.1. The quantitative estimate of drug-likeness (QED) is 0.851. The molecule has 2 N–H and O–H groups in total. The molecule has 0 aliphatic heterocycles. The first-order valence-electron chi connectivity index (χ1n) is 5.83. The van der Waals surface area contributed by atoms with Gasteiger partial charge in [0, 0.05) is 37.4 Å². The minimum absolute atomic E-state index is 0.228. The van der Waals surface area contributed by atoms with E-state index in [4.69, 9.17) is 5.73 Å². The first-order valence-corrected chi connectivity index (χ1v) is 5.83. The van der Waals surface area contributed by atoms with Gasteiger partial charge in [-0.2, -0.15) is 0 Å². The maximum Gasteiger partial charge on any atom is 0.130 e. The molecule has 4 heteroatoms. The average Bonchev–Trinajstić information content (AvgIpc) is 2.24. The van der Waals surface area contributed by atoms with E-state index in [9.17, 15) is 4.39 Å². The standard InChI is InChI=1S/C13H22FN3/c1-10(15)13-11(14)6-5-7-12(13)17(4)9-8-16(2)3/h5-7,10H,8-9,15H2,1-4H3. The molecule has 1 atom stereocenters. The Hall–Kier alpha value is -1.13. The fraction of sp³-hybridized carbons (Fsp3) is 0.538. The van der Waals surface area contributed by atoms with Gasteiger partial charge < -0.3 is 15.5 Å². The summed E-state index contributed by atoms with van der Waals surface area (Å²) in [5, 5.41) is 0. The summed E-state index contributed by atoms with van der Waals surface area (Å²) in [6.45, 7) is 3.57. The van der Waals surface area contributed by atoms with Crippen LogP contribution in [0.25, 0.3) is 0 Å². The Balaban J connectivity index is 2.92. The highest BCUT2D eigenvalue weighted by Crippen LogP contribution is 2.26. The van der Waals surface area contributed by atoms with Crippen molar-refractivity contribution in [2.75, 3.05) is 39.1 Å². The van der Waals surface area contributed by atoms with Crippen molar-refractivity contribution in [2.24, 2.45) is 5.73 Å². The van der Waals surface area contributed by atoms with E-state index >= 15 is 0 Å². The van der Waals surface area contributed by atoms with Gasteiger partial charge in [0.2, 0.25) is 0 Å². The second kappa shape index (κ2) is 5.98. The molecule has 0 saturated heterocycles. The van der Waals surface area contributed by atoms with Crippen LogP contribution in [-0.2, 0) is 0 Å². The van der Waals surface area contributed by atoms with Gasteiger partial charge >= 0.3 is 0 Å². The highest BCUT2D eigenvalue weighted by atomic mass is 19.1. The smallest absolute Gasteiger partial charge is 0.130 e. The Labute approximate surface area is 103 Å². The van der Waals surface area contributed by atoms with Gasteiger partial charge in [-0.15, -0.1) is 0 Å². The maximum absolute atomic E-state index is 13.7. The van der Waals surface area contributed by atoms with E-state index in [-0.39, 0.29) is 11.9 Å². The third-order valence-electron chi connectivity index (χ3n) is 2.78. The molecule has 0 aliphatic carbocycles. The van der Waals surface area contributed by atoms with E-state index in [1.807, 2.05) is 39.0 Å². The first-order chi connectivity index (χ1) is 7.93. The number of benzene rings is 1. The monoisotopic (exact) mass is 239 g/mol. The van der Waals surface area contributed by atoms with Gasteiger partial charge in [-0.3, -0.25) is 0 Å². The Kier molecular flexibility index (Phi) is 4.90. The van der Waals surface area contributed by atoms with Crippen LogP contribution in [0.2, 0.25) is 0 Å². The third kappa shape index (κ3) is 3.68. The molecule has 1 aromatic carbocycles. The molecule has 0 radical (unpaired) electrons. The van der Waals surface area contributed by atoms with Crippen LogP contribution in [0.15, 0.2) is 18.2 Å². The molecule has 3 nitrogen and oxygen atoms in total. The van der Waals surface area contributed by atoms with Gasteiger partial charge in [-0.1, -0.05) is 6.07 Å². The lowest BCUT2D eigenvalue weighted by molar-refractivity contribution is 0.416. The maximum atomic E-state index is 13.7. The van der Waals surface area contributed by atoms with E-state index < -0.39 is 0 Å². The van der Waals surface area contributed by atoms with E-state index in [1.54, 1.807) is 6.07 Å².